The average Bonchev–Trinajstić information content (AvgIpc) is 2.23. The van der Waals surface area contributed by atoms with E-state index in [9.17, 15) is 0 Å². The number of para-hydroxylation sites is 1. The Morgan fingerprint density at radius 2 is 1.81 bits per heavy atom. The summed E-state index contributed by atoms with van der Waals surface area (Å²) in [6, 6.07) is 5.58. The van der Waals surface area contributed by atoms with E-state index in [0.29, 0.717) is 30.4 Å². The molecule has 1 aromatic carbocycles. The summed E-state index contributed by atoms with van der Waals surface area (Å²) >= 11 is 0. The van der Waals surface area contributed by atoms with Gasteiger partial charge in [-0.15, -0.1) is 0 Å². The molecule has 0 saturated carbocycles. The molecule has 1 aromatic rings. The monoisotopic (exact) mass is 224 g/mol. The zero-order chi connectivity index (χ0) is 12.0. The largest absolute Gasteiger partial charge is 0.492 e. The van der Waals surface area contributed by atoms with Crippen LogP contribution >= 0.6 is 0 Å². The van der Waals surface area contributed by atoms with Crippen LogP contribution in [-0.4, -0.2) is 38.8 Å². The van der Waals surface area contributed by atoms with Gasteiger partial charge in [-0.1, -0.05) is 6.07 Å². The standard InChI is InChI=1S/C12H20N2O2/c1-4-15-10-6-5-7-11(12(10)13)16-9-8-14(2)3/h5-7H,4,8-9,13H2,1-3H3. The smallest absolute Gasteiger partial charge is 0.146 e. The fraction of sp³-hybridized carbons (Fsp3) is 0.500. The van der Waals surface area contributed by atoms with Crippen molar-refractivity contribution >= 4 is 5.69 Å². The predicted molar refractivity (Wildman–Crippen MR) is 66.1 cm³/mol. The van der Waals surface area contributed by atoms with Crippen LogP contribution in [0.5, 0.6) is 11.5 Å². The van der Waals surface area contributed by atoms with Crippen molar-refractivity contribution in [3.63, 3.8) is 0 Å². The first-order valence-electron chi connectivity index (χ1n) is 5.44. The Kier molecular flexibility index (Phi) is 4.92. The molecule has 16 heavy (non-hydrogen) atoms. The first-order valence-corrected chi connectivity index (χ1v) is 5.44. The van der Waals surface area contributed by atoms with Gasteiger partial charge in [-0.3, -0.25) is 0 Å². The van der Waals surface area contributed by atoms with Gasteiger partial charge in [0, 0.05) is 6.54 Å². The van der Waals surface area contributed by atoms with Crippen molar-refractivity contribution in [2.45, 2.75) is 6.92 Å². The molecule has 0 unspecified atom stereocenters. The summed E-state index contributed by atoms with van der Waals surface area (Å²) in [6.07, 6.45) is 0. The van der Waals surface area contributed by atoms with Gasteiger partial charge in [0.15, 0.2) is 0 Å². The Bertz CT molecular complexity index is 327. The van der Waals surface area contributed by atoms with E-state index >= 15 is 0 Å². The normalized spacial score (nSPS) is 10.5. The molecule has 0 aliphatic carbocycles. The highest BCUT2D eigenvalue weighted by Crippen LogP contribution is 2.31. The molecule has 0 amide bonds. The van der Waals surface area contributed by atoms with Crippen molar-refractivity contribution in [3.8, 4) is 11.5 Å². The second-order valence-corrected chi connectivity index (χ2v) is 3.75. The molecule has 2 N–H and O–H groups in total. The maximum atomic E-state index is 5.92. The zero-order valence-electron chi connectivity index (χ0n) is 10.2. The van der Waals surface area contributed by atoms with Gasteiger partial charge < -0.3 is 20.1 Å². The average molecular weight is 224 g/mol. The Balaban J connectivity index is 2.62. The lowest BCUT2D eigenvalue weighted by atomic mass is 10.3. The minimum atomic E-state index is 0.572. The number of nitrogen functional groups attached to an aromatic ring is 1. The summed E-state index contributed by atoms with van der Waals surface area (Å²) in [5, 5.41) is 0. The van der Waals surface area contributed by atoms with Crippen LogP contribution in [0.2, 0.25) is 0 Å². The molecular formula is C12H20N2O2. The number of ether oxygens (including phenoxy) is 2. The predicted octanol–water partition coefficient (Wildman–Crippen LogP) is 1.61. The molecule has 1 rings (SSSR count). The molecule has 4 heteroatoms. The lowest BCUT2D eigenvalue weighted by molar-refractivity contribution is 0.261. The SMILES string of the molecule is CCOc1cccc(OCCN(C)C)c1N. The number of hydrogen-bond donors (Lipinski definition) is 1. The van der Waals surface area contributed by atoms with Crippen molar-refractivity contribution in [1.82, 2.24) is 4.90 Å². The van der Waals surface area contributed by atoms with Crippen LogP contribution in [0, 0.1) is 0 Å². The number of likely N-dealkylation sites (N-methyl/N-ethyl adjacent to an activating group) is 1. The van der Waals surface area contributed by atoms with E-state index in [1.54, 1.807) is 0 Å². The number of nitrogens with zero attached hydrogens (tertiary/aromatic N) is 1. The van der Waals surface area contributed by atoms with Crippen molar-refractivity contribution in [2.75, 3.05) is 39.6 Å². The number of hydrogen-bond acceptors (Lipinski definition) is 4. The maximum absolute atomic E-state index is 5.92. The van der Waals surface area contributed by atoms with Crippen LogP contribution in [0.1, 0.15) is 6.92 Å². The quantitative estimate of drug-likeness (QED) is 0.746. The van der Waals surface area contributed by atoms with Gasteiger partial charge in [-0.25, -0.2) is 0 Å². The van der Waals surface area contributed by atoms with E-state index in [1.807, 2.05) is 39.2 Å². The van der Waals surface area contributed by atoms with Crippen molar-refractivity contribution in [3.05, 3.63) is 18.2 Å². The topological polar surface area (TPSA) is 47.7 Å². The second kappa shape index (κ2) is 6.23. The van der Waals surface area contributed by atoms with Crippen molar-refractivity contribution < 1.29 is 9.47 Å². The summed E-state index contributed by atoms with van der Waals surface area (Å²) in [5.74, 6) is 1.37. The Hall–Kier alpha value is -1.42. The lowest BCUT2D eigenvalue weighted by Gasteiger charge is -2.14. The summed E-state index contributed by atoms with van der Waals surface area (Å²) < 4.78 is 11.0. The minimum absolute atomic E-state index is 0.572. The van der Waals surface area contributed by atoms with E-state index < -0.39 is 0 Å². The highest BCUT2D eigenvalue weighted by atomic mass is 16.5. The fourth-order valence-electron chi connectivity index (χ4n) is 1.27. The Morgan fingerprint density at radius 3 is 2.38 bits per heavy atom. The van der Waals surface area contributed by atoms with Crippen LogP contribution in [0.15, 0.2) is 18.2 Å². The summed E-state index contributed by atoms with van der Waals surface area (Å²) in [5.41, 5.74) is 6.49. The van der Waals surface area contributed by atoms with Crippen LogP contribution in [0.3, 0.4) is 0 Å². The highest BCUT2D eigenvalue weighted by Gasteiger charge is 2.06. The first kappa shape index (κ1) is 12.6. The van der Waals surface area contributed by atoms with E-state index in [-0.39, 0.29) is 0 Å². The molecule has 0 saturated heterocycles. The van der Waals surface area contributed by atoms with Gasteiger partial charge in [0.1, 0.15) is 23.8 Å². The second-order valence-electron chi connectivity index (χ2n) is 3.75. The molecule has 0 heterocycles. The number of nitrogens with two attached hydrogens (primary N) is 1. The van der Waals surface area contributed by atoms with Crippen LogP contribution < -0.4 is 15.2 Å². The zero-order valence-corrected chi connectivity index (χ0v) is 10.2. The van der Waals surface area contributed by atoms with E-state index in [2.05, 4.69) is 4.90 Å². The van der Waals surface area contributed by atoms with Gasteiger partial charge in [0.2, 0.25) is 0 Å². The van der Waals surface area contributed by atoms with Crippen LogP contribution in [0.25, 0.3) is 0 Å². The van der Waals surface area contributed by atoms with Gasteiger partial charge >= 0.3 is 0 Å². The summed E-state index contributed by atoms with van der Waals surface area (Å²) in [7, 11) is 4.01. The minimum Gasteiger partial charge on any atom is -0.492 e. The van der Waals surface area contributed by atoms with Gasteiger partial charge in [0.05, 0.1) is 6.61 Å². The number of anilines is 1. The third-order valence-corrected chi connectivity index (χ3v) is 2.12. The molecule has 0 fully saturated rings. The molecule has 0 radical (unpaired) electrons. The number of rotatable bonds is 6. The third-order valence-electron chi connectivity index (χ3n) is 2.12. The first-order chi connectivity index (χ1) is 7.65. The number of benzene rings is 1. The van der Waals surface area contributed by atoms with Gasteiger partial charge in [-0.2, -0.15) is 0 Å². The van der Waals surface area contributed by atoms with Crippen molar-refractivity contribution in [2.24, 2.45) is 0 Å². The summed E-state index contributed by atoms with van der Waals surface area (Å²) in [6.45, 7) is 4.01. The van der Waals surface area contributed by atoms with Gasteiger partial charge in [-0.05, 0) is 33.2 Å². The third kappa shape index (κ3) is 3.62. The Morgan fingerprint density at radius 1 is 1.19 bits per heavy atom. The van der Waals surface area contributed by atoms with E-state index in [0.717, 1.165) is 6.54 Å². The molecular weight excluding hydrogens is 204 g/mol. The molecule has 0 bridgehead atoms. The van der Waals surface area contributed by atoms with E-state index in [1.165, 1.54) is 0 Å². The summed E-state index contributed by atoms with van der Waals surface area (Å²) in [4.78, 5) is 2.06. The van der Waals surface area contributed by atoms with Crippen LogP contribution in [-0.2, 0) is 0 Å². The molecule has 0 aliphatic heterocycles. The van der Waals surface area contributed by atoms with Gasteiger partial charge in [0.25, 0.3) is 0 Å². The fourth-order valence-corrected chi connectivity index (χ4v) is 1.27. The lowest BCUT2D eigenvalue weighted by Crippen LogP contribution is -2.19. The van der Waals surface area contributed by atoms with Crippen LogP contribution in [0.4, 0.5) is 5.69 Å². The molecule has 0 atom stereocenters. The molecule has 90 valence electrons. The van der Waals surface area contributed by atoms with E-state index in [4.69, 9.17) is 15.2 Å². The van der Waals surface area contributed by atoms with Crippen molar-refractivity contribution in [1.29, 1.82) is 0 Å². The highest BCUT2D eigenvalue weighted by molar-refractivity contribution is 5.62. The Labute approximate surface area is 96.9 Å². The molecule has 0 aromatic heterocycles. The maximum Gasteiger partial charge on any atom is 0.146 e. The molecule has 4 nitrogen and oxygen atoms in total. The molecule has 0 aliphatic rings. The molecule has 0 spiro atoms.